The smallest absolute Gasteiger partial charge is 0.244 e. The number of carbonyl (C=O) groups is 1. The van der Waals surface area contributed by atoms with E-state index in [-0.39, 0.29) is 5.91 Å². The Bertz CT molecular complexity index is 635. The summed E-state index contributed by atoms with van der Waals surface area (Å²) >= 11 is 5.89. The van der Waals surface area contributed by atoms with Crippen molar-refractivity contribution in [2.45, 2.75) is 6.54 Å². The summed E-state index contributed by atoms with van der Waals surface area (Å²) in [4.78, 5) is 11.7. The van der Waals surface area contributed by atoms with Crippen LogP contribution in [0, 0.1) is 0 Å². The van der Waals surface area contributed by atoms with Gasteiger partial charge in [0.25, 0.3) is 0 Å². The van der Waals surface area contributed by atoms with Crippen LogP contribution in [0.5, 0.6) is 5.75 Å². The average molecular weight is 302 g/mol. The van der Waals surface area contributed by atoms with Gasteiger partial charge in [-0.15, -0.1) is 0 Å². The van der Waals surface area contributed by atoms with E-state index in [0.29, 0.717) is 11.6 Å². The quantitative estimate of drug-likeness (QED) is 0.856. The molecule has 2 aromatic rings. The summed E-state index contributed by atoms with van der Waals surface area (Å²) in [7, 11) is 1.62. The second-order valence-corrected chi connectivity index (χ2v) is 4.89. The van der Waals surface area contributed by atoms with Gasteiger partial charge in [-0.2, -0.15) is 0 Å². The van der Waals surface area contributed by atoms with Gasteiger partial charge in [-0.25, -0.2) is 0 Å². The molecular formula is C17H16ClNO2. The van der Waals surface area contributed by atoms with Crippen LogP contribution in [0.25, 0.3) is 6.08 Å². The maximum atomic E-state index is 11.7. The summed E-state index contributed by atoms with van der Waals surface area (Å²) in [5.41, 5.74) is 1.91. The minimum atomic E-state index is -0.147. The number of methoxy groups -OCH3 is 1. The van der Waals surface area contributed by atoms with E-state index in [2.05, 4.69) is 5.32 Å². The van der Waals surface area contributed by atoms with E-state index in [0.717, 1.165) is 16.9 Å². The van der Waals surface area contributed by atoms with Crippen LogP contribution < -0.4 is 10.1 Å². The first kappa shape index (κ1) is 15.1. The third kappa shape index (κ3) is 4.97. The van der Waals surface area contributed by atoms with Crippen LogP contribution >= 0.6 is 11.6 Å². The number of nitrogens with one attached hydrogen (secondary N) is 1. The minimum absolute atomic E-state index is 0.147. The zero-order chi connectivity index (χ0) is 15.1. The van der Waals surface area contributed by atoms with E-state index in [4.69, 9.17) is 16.3 Å². The molecule has 0 atom stereocenters. The highest BCUT2D eigenvalue weighted by Crippen LogP contribution is 2.12. The molecule has 2 rings (SSSR count). The number of halogens is 1. The van der Waals surface area contributed by atoms with Gasteiger partial charge in [0.1, 0.15) is 5.75 Å². The molecule has 0 spiro atoms. The normalized spacial score (nSPS) is 10.6. The first-order valence-corrected chi connectivity index (χ1v) is 6.89. The molecule has 0 saturated heterocycles. The number of hydrogen-bond donors (Lipinski definition) is 1. The Hall–Kier alpha value is -2.26. The Morgan fingerprint density at radius 3 is 2.67 bits per heavy atom. The number of amides is 1. The fourth-order valence-electron chi connectivity index (χ4n) is 1.78. The molecule has 21 heavy (non-hydrogen) atoms. The van der Waals surface area contributed by atoms with E-state index < -0.39 is 0 Å². The zero-order valence-corrected chi connectivity index (χ0v) is 12.4. The molecule has 0 unspecified atom stereocenters. The SMILES string of the molecule is COc1ccc(C=CC(=O)NCc2cccc(Cl)c2)cc1. The molecule has 108 valence electrons. The van der Waals surface area contributed by atoms with Crippen molar-refractivity contribution in [3.05, 3.63) is 70.8 Å². The molecule has 0 fully saturated rings. The molecule has 1 N–H and O–H groups in total. The molecule has 0 aliphatic carbocycles. The molecule has 0 aliphatic rings. The Balaban J connectivity index is 1.87. The van der Waals surface area contributed by atoms with Gasteiger partial charge < -0.3 is 10.1 Å². The number of rotatable bonds is 5. The standard InChI is InChI=1S/C17H16ClNO2/c1-21-16-8-5-13(6-9-16)7-10-17(20)19-12-14-3-2-4-15(18)11-14/h2-11H,12H2,1H3,(H,19,20). The molecule has 0 saturated carbocycles. The summed E-state index contributed by atoms with van der Waals surface area (Å²) in [5, 5.41) is 3.47. The van der Waals surface area contributed by atoms with E-state index in [1.807, 2.05) is 42.5 Å². The lowest BCUT2D eigenvalue weighted by molar-refractivity contribution is -0.116. The molecule has 3 nitrogen and oxygen atoms in total. The molecule has 0 radical (unpaired) electrons. The largest absolute Gasteiger partial charge is 0.497 e. The van der Waals surface area contributed by atoms with Crippen molar-refractivity contribution >= 4 is 23.6 Å². The van der Waals surface area contributed by atoms with Crippen LogP contribution in [-0.2, 0) is 11.3 Å². The Morgan fingerprint density at radius 2 is 2.00 bits per heavy atom. The monoisotopic (exact) mass is 301 g/mol. The molecule has 0 aromatic heterocycles. The van der Waals surface area contributed by atoms with Gasteiger partial charge in [-0.3, -0.25) is 4.79 Å². The highest BCUT2D eigenvalue weighted by atomic mass is 35.5. The van der Waals surface area contributed by atoms with Gasteiger partial charge in [-0.05, 0) is 41.5 Å². The predicted molar refractivity (Wildman–Crippen MR) is 85.3 cm³/mol. The zero-order valence-electron chi connectivity index (χ0n) is 11.7. The Labute approximate surface area is 129 Å². The molecular weight excluding hydrogens is 286 g/mol. The van der Waals surface area contributed by atoms with Crippen molar-refractivity contribution in [2.75, 3.05) is 7.11 Å². The van der Waals surface area contributed by atoms with Crippen molar-refractivity contribution in [1.82, 2.24) is 5.32 Å². The van der Waals surface area contributed by atoms with E-state index >= 15 is 0 Å². The Kier molecular flexibility index (Phi) is 5.41. The number of carbonyl (C=O) groups excluding carboxylic acids is 1. The number of benzene rings is 2. The number of hydrogen-bond acceptors (Lipinski definition) is 2. The fraction of sp³-hybridized carbons (Fsp3) is 0.118. The van der Waals surface area contributed by atoms with Crippen LogP contribution in [0.15, 0.2) is 54.6 Å². The van der Waals surface area contributed by atoms with Gasteiger partial charge >= 0.3 is 0 Å². The van der Waals surface area contributed by atoms with Crippen molar-refractivity contribution in [2.24, 2.45) is 0 Å². The summed E-state index contributed by atoms with van der Waals surface area (Å²) < 4.78 is 5.08. The summed E-state index contributed by atoms with van der Waals surface area (Å²) in [6, 6.07) is 14.9. The lowest BCUT2D eigenvalue weighted by Gasteiger charge is -2.03. The topological polar surface area (TPSA) is 38.3 Å². The van der Waals surface area contributed by atoms with E-state index in [9.17, 15) is 4.79 Å². The van der Waals surface area contributed by atoms with Gasteiger partial charge in [0.05, 0.1) is 7.11 Å². The summed E-state index contributed by atoms with van der Waals surface area (Å²) in [6.45, 7) is 0.451. The first-order chi connectivity index (χ1) is 10.2. The van der Waals surface area contributed by atoms with Gasteiger partial charge in [0.15, 0.2) is 0 Å². The van der Waals surface area contributed by atoms with Crippen molar-refractivity contribution < 1.29 is 9.53 Å². The van der Waals surface area contributed by atoms with Gasteiger partial charge in [0.2, 0.25) is 5.91 Å². The van der Waals surface area contributed by atoms with E-state index in [1.165, 1.54) is 6.08 Å². The molecule has 1 amide bonds. The fourth-order valence-corrected chi connectivity index (χ4v) is 1.99. The Morgan fingerprint density at radius 1 is 1.24 bits per heavy atom. The predicted octanol–water partition coefficient (Wildman–Crippen LogP) is 3.68. The molecule has 4 heteroatoms. The highest BCUT2D eigenvalue weighted by Gasteiger charge is 1.98. The molecule has 0 bridgehead atoms. The molecule has 0 heterocycles. The van der Waals surface area contributed by atoms with E-state index in [1.54, 1.807) is 19.3 Å². The van der Waals surface area contributed by atoms with Crippen molar-refractivity contribution in [3.8, 4) is 5.75 Å². The summed E-state index contributed by atoms with van der Waals surface area (Å²) in [6.07, 6.45) is 3.26. The van der Waals surface area contributed by atoms with Crippen LogP contribution in [0.4, 0.5) is 0 Å². The second kappa shape index (κ2) is 7.50. The maximum Gasteiger partial charge on any atom is 0.244 e. The maximum absolute atomic E-state index is 11.7. The summed E-state index contributed by atoms with van der Waals surface area (Å²) in [5.74, 6) is 0.642. The molecule has 2 aromatic carbocycles. The van der Waals surface area contributed by atoms with Gasteiger partial charge in [-0.1, -0.05) is 35.9 Å². The van der Waals surface area contributed by atoms with Crippen LogP contribution in [0.2, 0.25) is 5.02 Å². The molecule has 0 aliphatic heterocycles. The van der Waals surface area contributed by atoms with Crippen LogP contribution in [0.3, 0.4) is 0 Å². The minimum Gasteiger partial charge on any atom is -0.497 e. The average Bonchev–Trinajstić information content (AvgIpc) is 2.51. The third-order valence-corrected chi connectivity index (χ3v) is 3.13. The van der Waals surface area contributed by atoms with Crippen LogP contribution in [0.1, 0.15) is 11.1 Å². The lowest BCUT2D eigenvalue weighted by Crippen LogP contribution is -2.20. The van der Waals surface area contributed by atoms with Crippen LogP contribution in [-0.4, -0.2) is 13.0 Å². The van der Waals surface area contributed by atoms with Gasteiger partial charge in [0, 0.05) is 17.6 Å². The highest BCUT2D eigenvalue weighted by molar-refractivity contribution is 6.30. The third-order valence-electron chi connectivity index (χ3n) is 2.90. The second-order valence-electron chi connectivity index (χ2n) is 4.45. The first-order valence-electron chi connectivity index (χ1n) is 6.52. The van der Waals surface area contributed by atoms with Crippen molar-refractivity contribution in [1.29, 1.82) is 0 Å². The lowest BCUT2D eigenvalue weighted by atomic mass is 10.2. The number of ether oxygens (including phenoxy) is 1. The van der Waals surface area contributed by atoms with Crippen molar-refractivity contribution in [3.63, 3.8) is 0 Å².